The van der Waals surface area contributed by atoms with Gasteiger partial charge in [-0.05, 0) is 19.2 Å². The number of nitrogens with one attached hydrogen (secondary N) is 1. The lowest BCUT2D eigenvalue weighted by Crippen LogP contribution is -2.45. The van der Waals surface area contributed by atoms with Crippen LogP contribution in [0.4, 0.5) is 0 Å². The van der Waals surface area contributed by atoms with E-state index in [1.165, 1.54) is 0 Å². The number of rotatable bonds is 5. The molecule has 1 saturated heterocycles. The maximum Gasteiger partial charge on any atom is 0.221 e. The van der Waals surface area contributed by atoms with Crippen molar-refractivity contribution in [3.63, 3.8) is 0 Å². The van der Waals surface area contributed by atoms with Gasteiger partial charge in [-0.2, -0.15) is 0 Å². The number of hydrogen-bond acceptors (Lipinski definition) is 4. The quantitative estimate of drug-likeness (QED) is 0.829. The normalized spacial score (nSPS) is 17.8. The molecule has 2 heterocycles. The first-order valence-corrected chi connectivity index (χ1v) is 6.44. The second-order valence-electron chi connectivity index (χ2n) is 4.75. The molecule has 0 spiro atoms. The Balaban J connectivity index is 1.60. The second kappa shape index (κ2) is 6.56. The Morgan fingerprint density at radius 1 is 1.39 bits per heavy atom. The van der Waals surface area contributed by atoms with Crippen LogP contribution in [-0.2, 0) is 11.3 Å². The number of furan rings is 1. The summed E-state index contributed by atoms with van der Waals surface area (Å²) in [7, 11) is 2.13. The van der Waals surface area contributed by atoms with E-state index < -0.39 is 0 Å². The lowest BCUT2D eigenvalue weighted by Gasteiger charge is -2.32. The van der Waals surface area contributed by atoms with Crippen molar-refractivity contribution in [2.24, 2.45) is 0 Å². The van der Waals surface area contributed by atoms with Crippen molar-refractivity contribution in [1.29, 1.82) is 0 Å². The summed E-state index contributed by atoms with van der Waals surface area (Å²) >= 11 is 0. The van der Waals surface area contributed by atoms with Crippen LogP contribution in [0.1, 0.15) is 12.2 Å². The van der Waals surface area contributed by atoms with Crippen molar-refractivity contribution >= 4 is 5.91 Å². The van der Waals surface area contributed by atoms with Crippen LogP contribution in [0.5, 0.6) is 0 Å². The van der Waals surface area contributed by atoms with Crippen LogP contribution >= 0.6 is 0 Å². The van der Waals surface area contributed by atoms with Gasteiger partial charge in [-0.15, -0.1) is 0 Å². The Morgan fingerprint density at radius 2 is 2.17 bits per heavy atom. The lowest BCUT2D eigenvalue weighted by molar-refractivity contribution is -0.121. The number of carbonyl (C=O) groups is 1. The second-order valence-corrected chi connectivity index (χ2v) is 4.75. The van der Waals surface area contributed by atoms with Crippen LogP contribution in [0.3, 0.4) is 0 Å². The van der Waals surface area contributed by atoms with Gasteiger partial charge in [-0.1, -0.05) is 0 Å². The van der Waals surface area contributed by atoms with Gasteiger partial charge in [0, 0.05) is 39.1 Å². The van der Waals surface area contributed by atoms with Gasteiger partial charge in [0.25, 0.3) is 0 Å². The molecular weight excluding hydrogens is 230 g/mol. The molecule has 1 N–H and O–H groups in total. The topological polar surface area (TPSA) is 48.7 Å². The summed E-state index contributed by atoms with van der Waals surface area (Å²) in [5.74, 6) is 0.883. The minimum Gasteiger partial charge on any atom is -0.467 e. The molecule has 1 aromatic heterocycles. The van der Waals surface area contributed by atoms with Crippen molar-refractivity contribution in [3.05, 3.63) is 24.2 Å². The number of amides is 1. The number of carbonyl (C=O) groups excluding carboxylic acids is 1. The van der Waals surface area contributed by atoms with Crippen molar-refractivity contribution in [3.8, 4) is 0 Å². The molecule has 0 aromatic carbocycles. The zero-order chi connectivity index (χ0) is 12.8. The first kappa shape index (κ1) is 13.1. The van der Waals surface area contributed by atoms with Gasteiger partial charge < -0.3 is 19.5 Å². The van der Waals surface area contributed by atoms with Crippen LogP contribution < -0.4 is 5.32 Å². The Bertz CT molecular complexity index is 356. The highest BCUT2D eigenvalue weighted by Crippen LogP contribution is 2.01. The average Bonchev–Trinajstić information content (AvgIpc) is 2.89. The summed E-state index contributed by atoms with van der Waals surface area (Å²) in [6, 6.07) is 3.69. The van der Waals surface area contributed by atoms with Crippen LogP contribution in [0, 0.1) is 0 Å². The minimum absolute atomic E-state index is 0.0883. The highest BCUT2D eigenvalue weighted by Gasteiger charge is 2.14. The third-order valence-electron chi connectivity index (χ3n) is 3.29. The molecule has 100 valence electrons. The summed E-state index contributed by atoms with van der Waals surface area (Å²) in [5.41, 5.74) is 0. The summed E-state index contributed by atoms with van der Waals surface area (Å²) in [6.07, 6.45) is 2.18. The lowest BCUT2D eigenvalue weighted by atomic mass is 10.3. The molecule has 1 aromatic rings. The number of likely N-dealkylation sites (N-methyl/N-ethyl adjacent to an activating group) is 1. The van der Waals surface area contributed by atoms with E-state index in [1.807, 2.05) is 12.1 Å². The molecule has 0 unspecified atom stereocenters. The summed E-state index contributed by atoms with van der Waals surface area (Å²) < 4.78 is 5.16. The van der Waals surface area contributed by atoms with Gasteiger partial charge in [0.1, 0.15) is 5.76 Å². The van der Waals surface area contributed by atoms with Crippen molar-refractivity contribution < 1.29 is 9.21 Å². The molecule has 0 aliphatic carbocycles. The first-order chi connectivity index (χ1) is 8.74. The molecule has 0 bridgehead atoms. The maximum absolute atomic E-state index is 11.7. The Labute approximate surface area is 108 Å². The number of nitrogens with zero attached hydrogens (tertiary/aromatic N) is 2. The van der Waals surface area contributed by atoms with E-state index in [4.69, 9.17) is 4.42 Å². The molecular formula is C13H21N3O2. The molecule has 0 radical (unpaired) electrons. The molecule has 5 heteroatoms. The summed E-state index contributed by atoms with van der Waals surface area (Å²) in [6.45, 7) is 5.62. The predicted molar refractivity (Wildman–Crippen MR) is 69.1 cm³/mol. The molecule has 1 fully saturated rings. The molecule has 0 saturated carbocycles. The highest BCUT2D eigenvalue weighted by molar-refractivity contribution is 5.75. The third kappa shape index (κ3) is 4.16. The fourth-order valence-electron chi connectivity index (χ4n) is 2.02. The summed E-state index contributed by atoms with van der Waals surface area (Å²) in [5, 5.41) is 2.86. The molecule has 0 atom stereocenters. The molecule has 18 heavy (non-hydrogen) atoms. The zero-order valence-corrected chi connectivity index (χ0v) is 10.9. The fraction of sp³-hybridized carbons (Fsp3) is 0.615. The number of piperazine rings is 1. The Kier molecular flexibility index (Phi) is 4.78. The van der Waals surface area contributed by atoms with Crippen LogP contribution in [-0.4, -0.2) is 55.5 Å². The Hall–Kier alpha value is -1.33. The standard InChI is InChI=1S/C13H21N3O2/c1-15-6-8-16(9-7-15)5-4-13(17)14-11-12-3-2-10-18-12/h2-3,10H,4-9,11H2,1H3,(H,14,17). The molecule has 1 amide bonds. The van der Waals surface area contributed by atoms with Crippen molar-refractivity contribution in [1.82, 2.24) is 15.1 Å². The van der Waals surface area contributed by atoms with Crippen LogP contribution in [0.2, 0.25) is 0 Å². The van der Waals surface area contributed by atoms with E-state index in [2.05, 4.69) is 22.2 Å². The van der Waals surface area contributed by atoms with Crippen LogP contribution in [0.25, 0.3) is 0 Å². The maximum atomic E-state index is 11.7. The minimum atomic E-state index is 0.0883. The first-order valence-electron chi connectivity index (χ1n) is 6.44. The molecule has 2 rings (SSSR count). The van der Waals surface area contributed by atoms with Crippen LogP contribution in [0.15, 0.2) is 22.8 Å². The van der Waals surface area contributed by atoms with Crippen molar-refractivity contribution in [2.45, 2.75) is 13.0 Å². The largest absolute Gasteiger partial charge is 0.467 e. The van der Waals surface area contributed by atoms with E-state index in [9.17, 15) is 4.79 Å². The van der Waals surface area contributed by atoms with E-state index in [0.717, 1.165) is 38.5 Å². The molecule has 1 aliphatic heterocycles. The fourth-order valence-corrected chi connectivity index (χ4v) is 2.02. The highest BCUT2D eigenvalue weighted by atomic mass is 16.3. The van der Waals surface area contributed by atoms with E-state index >= 15 is 0 Å². The van der Waals surface area contributed by atoms with E-state index in [0.29, 0.717) is 13.0 Å². The Morgan fingerprint density at radius 3 is 2.83 bits per heavy atom. The monoisotopic (exact) mass is 251 g/mol. The zero-order valence-electron chi connectivity index (χ0n) is 10.9. The average molecular weight is 251 g/mol. The van der Waals surface area contributed by atoms with Gasteiger partial charge in [0.2, 0.25) is 5.91 Å². The predicted octanol–water partition coefficient (Wildman–Crippen LogP) is 0.533. The molecule has 5 nitrogen and oxygen atoms in total. The van der Waals surface area contributed by atoms with E-state index in [-0.39, 0.29) is 5.91 Å². The number of hydrogen-bond donors (Lipinski definition) is 1. The van der Waals surface area contributed by atoms with E-state index in [1.54, 1.807) is 6.26 Å². The van der Waals surface area contributed by atoms with Gasteiger partial charge in [0.15, 0.2) is 0 Å². The third-order valence-corrected chi connectivity index (χ3v) is 3.29. The van der Waals surface area contributed by atoms with Crippen molar-refractivity contribution in [2.75, 3.05) is 39.8 Å². The van der Waals surface area contributed by atoms with Gasteiger partial charge in [0.05, 0.1) is 12.8 Å². The van der Waals surface area contributed by atoms with Gasteiger partial charge in [-0.3, -0.25) is 4.79 Å². The van der Waals surface area contributed by atoms with Gasteiger partial charge in [-0.25, -0.2) is 0 Å². The smallest absolute Gasteiger partial charge is 0.221 e. The summed E-state index contributed by atoms with van der Waals surface area (Å²) in [4.78, 5) is 16.3. The van der Waals surface area contributed by atoms with Gasteiger partial charge >= 0.3 is 0 Å². The SMILES string of the molecule is CN1CCN(CCC(=O)NCc2ccco2)CC1. The molecule has 1 aliphatic rings.